The number of hydrogen-bond acceptors (Lipinski definition) is 6. The van der Waals surface area contributed by atoms with Gasteiger partial charge in [0.05, 0.1) is 12.7 Å². The monoisotopic (exact) mass is 330 g/mol. The Labute approximate surface area is 138 Å². The Hall–Kier alpha value is -1.14. The first kappa shape index (κ1) is 19.9. The fraction of sp³-hybridized carbons (Fsp3) is 0.882. The molecule has 1 heterocycles. The third kappa shape index (κ3) is 6.87. The molecule has 1 fully saturated rings. The predicted molar refractivity (Wildman–Crippen MR) is 84.5 cm³/mol. The minimum Gasteiger partial charge on any atom is -0.464 e. The number of esters is 1. The standard InChI is InChI=1S/C17H30O6/c1-6-20-15(19)17(13(2)21-17)12-10-8-7-9-11-14(18)22-23-16(3,4)5/h13H,6-12H2,1-5H3. The minimum absolute atomic E-state index is 0.0638. The maximum Gasteiger partial charge on any atom is 0.342 e. The molecule has 2 atom stereocenters. The van der Waals surface area contributed by atoms with Crippen molar-refractivity contribution in [3.63, 3.8) is 0 Å². The highest BCUT2D eigenvalue weighted by Crippen LogP contribution is 2.42. The third-order valence-electron chi connectivity index (χ3n) is 3.67. The molecule has 0 bridgehead atoms. The highest BCUT2D eigenvalue weighted by atomic mass is 17.2. The van der Waals surface area contributed by atoms with Crippen LogP contribution in [0.2, 0.25) is 0 Å². The summed E-state index contributed by atoms with van der Waals surface area (Å²) in [7, 11) is 0. The molecule has 2 unspecified atom stereocenters. The molecule has 134 valence electrons. The minimum atomic E-state index is -0.727. The Morgan fingerprint density at radius 1 is 1.13 bits per heavy atom. The summed E-state index contributed by atoms with van der Waals surface area (Å²) in [5.41, 5.74) is -1.21. The number of unbranched alkanes of at least 4 members (excludes halogenated alkanes) is 3. The zero-order chi connectivity index (χ0) is 17.5. The summed E-state index contributed by atoms with van der Waals surface area (Å²) in [5.74, 6) is -0.600. The average molecular weight is 330 g/mol. The quantitative estimate of drug-likeness (QED) is 0.201. The van der Waals surface area contributed by atoms with E-state index < -0.39 is 11.2 Å². The van der Waals surface area contributed by atoms with E-state index in [-0.39, 0.29) is 18.0 Å². The normalized spacial score (nSPS) is 23.4. The van der Waals surface area contributed by atoms with Crippen LogP contribution in [0, 0.1) is 0 Å². The van der Waals surface area contributed by atoms with Gasteiger partial charge >= 0.3 is 11.9 Å². The Balaban J connectivity index is 2.09. The van der Waals surface area contributed by atoms with E-state index >= 15 is 0 Å². The number of hydrogen-bond donors (Lipinski definition) is 0. The molecule has 0 N–H and O–H groups in total. The summed E-state index contributed by atoms with van der Waals surface area (Å²) in [5, 5.41) is 0. The van der Waals surface area contributed by atoms with Crippen molar-refractivity contribution >= 4 is 11.9 Å². The van der Waals surface area contributed by atoms with Crippen LogP contribution in [-0.4, -0.2) is 35.9 Å². The van der Waals surface area contributed by atoms with Crippen LogP contribution in [0.4, 0.5) is 0 Å². The summed E-state index contributed by atoms with van der Waals surface area (Å²) < 4.78 is 10.5. The number of epoxide rings is 1. The maximum atomic E-state index is 11.9. The van der Waals surface area contributed by atoms with Gasteiger partial charge in [-0.2, -0.15) is 4.89 Å². The first-order chi connectivity index (χ1) is 10.7. The predicted octanol–water partition coefficient (Wildman–Crippen LogP) is 3.32. The second-order valence-electron chi connectivity index (χ2n) is 6.94. The van der Waals surface area contributed by atoms with Gasteiger partial charge in [0.25, 0.3) is 0 Å². The highest BCUT2D eigenvalue weighted by Gasteiger charge is 2.60. The van der Waals surface area contributed by atoms with Crippen molar-refractivity contribution in [1.82, 2.24) is 0 Å². The van der Waals surface area contributed by atoms with E-state index in [9.17, 15) is 9.59 Å². The summed E-state index contributed by atoms with van der Waals surface area (Å²) in [6.45, 7) is 9.51. The third-order valence-corrected chi connectivity index (χ3v) is 3.67. The Morgan fingerprint density at radius 2 is 1.74 bits per heavy atom. The summed E-state index contributed by atoms with van der Waals surface area (Å²) in [6.07, 6.45) is 4.40. The molecule has 0 aromatic heterocycles. The second-order valence-corrected chi connectivity index (χ2v) is 6.94. The molecule has 0 saturated carbocycles. The maximum absolute atomic E-state index is 11.9. The van der Waals surface area contributed by atoms with Crippen LogP contribution in [0.1, 0.15) is 73.1 Å². The topological polar surface area (TPSA) is 74.4 Å². The highest BCUT2D eigenvalue weighted by molar-refractivity contribution is 5.83. The van der Waals surface area contributed by atoms with E-state index in [0.29, 0.717) is 19.4 Å². The first-order valence-corrected chi connectivity index (χ1v) is 8.45. The summed E-state index contributed by atoms with van der Waals surface area (Å²) in [4.78, 5) is 33.0. The zero-order valence-corrected chi connectivity index (χ0v) is 15.0. The van der Waals surface area contributed by atoms with Crippen LogP contribution >= 0.6 is 0 Å². The molecule has 0 spiro atoms. The van der Waals surface area contributed by atoms with Gasteiger partial charge in [0.2, 0.25) is 0 Å². The van der Waals surface area contributed by atoms with Crippen molar-refractivity contribution in [1.29, 1.82) is 0 Å². The lowest BCUT2D eigenvalue weighted by molar-refractivity contribution is -0.320. The molecule has 0 radical (unpaired) electrons. The SMILES string of the molecule is CCOC(=O)C1(CCCCCCC(=O)OOC(C)(C)C)OC1C. The molecule has 1 saturated heterocycles. The molecule has 1 rings (SSSR count). The average Bonchev–Trinajstić information content (AvgIpc) is 3.12. The van der Waals surface area contributed by atoms with Crippen LogP contribution in [-0.2, 0) is 28.8 Å². The van der Waals surface area contributed by atoms with E-state index in [0.717, 1.165) is 25.7 Å². The molecular formula is C17H30O6. The van der Waals surface area contributed by atoms with Crippen LogP contribution in [0.5, 0.6) is 0 Å². The van der Waals surface area contributed by atoms with Gasteiger partial charge in [-0.25, -0.2) is 9.59 Å². The number of carbonyl (C=O) groups is 2. The molecule has 23 heavy (non-hydrogen) atoms. The van der Waals surface area contributed by atoms with Gasteiger partial charge in [0.15, 0.2) is 5.60 Å². The van der Waals surface area contributed by atoms with Crippen LogP contribution in [0.15, 0.2) is 0 Å². The molecule has 1 aliphatic rings. The van der Waals surface area contributed by atoms with Gasteiger partial charge in [-0.1, -0.05) is 12.8 Å². The van der Waals surface area contributed by atoms with Crippen molar-refractivity contribution in [2.24, 2.45) is 0 Å². The fourth-order valence-electron chi connectivity index (χ4n) is 2.34. The molecule has 0 aromatic carbocycles. The molecular weight excluding hydrogens is 300 g/mol. The van der Waals surface area contributed by atoms with Gasteiger partial charge in [-0.05, 0) is 53.9 Å². The van der Waals surface area contributed by atoms with E-state index in [4.69, 9.17) is 19.2 Å². The van der Waals surface area contributed by atoms with Crippen LogP contribution in [0.3, 0.4) is 0 Å². The van der Waals surface area contributed by atoms with E-state index in [1.54, 1.807) is 6.92 Å². The van der Waals surface area contributed by atoms with E-state index in [1.807, 2.05) is 27.7 Å². The molecule has 6 nitrogen and oxygen atoms in total. The number of carbonyl (C=O) groups excluding carboxylic acids is 2. The molecule has 0 amide bonds. The first-order valence-electron chi connectivity index (χ1n) is 8.45. The van der Waals surface area contributed by atoms with Gasteiger partial charge in [0, 0.05) is 6.42 Å². The smallest absolute Gasteiger partial charge is 0.342 e. The Bertz CT molecular complexity index is 400. The van der Waals surface area contributed by atoms with Crippen LogP contribution in [0.25, 0.3) is 0 Å². The number of rotatable bonds is 10. The molecule has 0 aliphatic carbocycles. The fourth-order valence-corrected chi connectivity index (χ4v) is 2.34. The van der Waals surface area contributed by atoms with Crippen molar-refractivity contribution in [2.75, 3.05) is 6.61 Å². The number of ether oxygens (including phenoxy) is 2. The second kappa shape index (κ2) is 8.64. The lowest BCUT2D eigenvalue weighted by atomic mass is 9.97. The molecule has 6 heteroatoms. The largest absolute Gasteiger partial charge is 0.464 e. The van der Waals surface area contributed by atoms with E-state index in [1.165, 1.54) is 0 Å². The van der Waals surface area contributed by atoms with Crippen molar-refractivity contribution < 1.29 is 28.8 Å². The van der Waals surface area contributed by atoms with Gasteiger partial charge < -0.3 is 9.47 Å². The summed E-state index contributed by atoms with van der Waals surface area (Å²) in [6, 6.07) is 0. The van der Waals surface area contributed by atoms with Crippen molar-refractivity contribution in [3.8, 4) is 0 Å². The Morgan fingerprint density at radius 3 is 2.26 bits per heavy atom. The van der Waals surface area contributed by atoms with Crippen molar-refractivity contribution in [3.05, 3.63) is 0 Å². The van der Waals surface area contributed by atoms with Gasteiger partial charge in [-0.3, -0.25) is 4.89 Å². The van der Waals surface area contributed by atoms with E-state index in [2.05, 4.69) is 0 Å². The lowest BCUT2D eigenvalue weighted by Gasteiger charge is -2.16. The summed E-state index contributed by atoms with van der Waals surface area (Å²) >= 11 is 0. The molecule has 1 aliphatic heterocycles. The van der Waals surface area contributed by atoms with Crippen LogP contribution < -0.4 is 0 Å². The van der Waals surface area contributed by atoms with Crippen molar-refractivity contribution in [2.45, 2.75) is 90.4 Å². The van der Waals surface area contributed by atoms with Gasteiger partial charge in [-0.15, -0.1) is 0 Å². The lowest BCUT2D eigenvalue weighted by Crippen LogP contribution is -2.29. The Kier molecular flexibility index (Phi) is 7.48. The van der Waals surface area contributed by atoms with Gasteiger partial charge in [0.1, 0.15) is 5.60 Å². The molecule has 0 aromatic rings. The zero-order valence-electron chi connectivity index (χ0n) is 15.0.